The molecule has 1 atom stereocenters. The minimum atomic E-state index is -0.236. The molecule has 2 N–H and O–H groups in total. The van der Waals surface area contributed by atoms with Gasteiger partial charge in [-0.05, 0) is 43.9 Å². The van der Waals surface area contributed by atoms with E-state index < -0.39 is 0 Å². The maximum atomic E-state index is 13.2. The fourth-order valence-corrected chi connectivity index (χ4v) is 2.87. The minimum Gasteiger partial charge on any atom is -0.497 e. The van der Waals surface area contributed by atoms with Crippen LogP contribution in [0, 0.1) is 5.82 Å². The molecule has 0 aliphatic rings. The molecule has 2 aromatic rings. The number of hydrogen-bond acceptors (Lipinski definition) is 4. The number of guanidine groups is 1. The summed E-state index contributed by atoms with van der Waals surface area (Å²) in [5.41, 5.74) is 2.03. The summed E-state index contributed by atoms with van der Waals surface area (Å²) in [6.45, 7) is 1.17. The van der Waals surface area contributed by atoms with Crippen LogP contribution < -0.4 is 20.1 Å². The standard InChI is InChI=1S/C21H29FN4O2.HI/c1-23-21(24-13-16-8-11-18(27-4)12-20(16)28-5)25-14-19(26(2)3)15-6-9-17(22)10-7-15;/h6-12,19H,13-14H2,1-5H3,(H2,23,24,25);1H. The minimum absolute atomic E-state index is 0. The van der Waals surface area contributed by atoms with E-state index in [1.165, 1.54) is 12.1 Å². The van der Waals surface area contributed by atoms with Gasteiger partial charge in [-0.3, -0.25) is 4.99 Å². The van der Waals surface area contributed by atoms with Gasteiger partial charge < -0.3 is 25.0 Å². The summed E-state index contributed by atoms with van der Waals surface area (Å²) < 4.78 is 23.9. The Labute approximate surface area is 189 Å². The van der Waals surface area contributed by atoms with Crippen LogP contribution in [0.4, 0.5) is 4.39 Å². The number of ether oxygens (including phenoxy) is 2. The monoisotopic (exact) mass is 516 g/mol. The number of nitrogens with one attached hydrogen (secondary N) is 2. The molecule has 1 unspecified atom stereocenters. The number of halogens is 2. The first-order valence-corrected chi connectivity index (χ1v) is 9.05. The Morgan fingerprint density at radius 1 is 1.07 bits per heavy atom. The Bertz CT molecular complexity index is 785. The SMILES string of the molecule is CN=C(NCc1ccc(OC)cc1OC)NCC(c1ccc(F)cc1)N(C)C.I. The van der Waals surface area contributed by atoms with Gasteiger partial charge >= 0.3 is 0 Å². The van der Waals surface area contributed by atoms with Crippen LogP contribution in [-0.4, -0.2) is 52.8 Å². The fourth-order valence-electron chi connectivity index (χ4n) is 2.87. The van der Waals surface area contributed by atoms with Crippen LogP contribution in [0.1, 0.15) is 17.2 Å². The highest BCUT2D eigenvalue weighted by Gasteiger charge is 2.15. The fraction of sp³-hybridized carbons (Fsp3) is 0.381. The van der Waals surface area contributed by atoms with Crippen molar-refractivity contribution in [3.8, 4) is 11.5 Å². The molecule has 160 valence electrons. The molecule has 0 fully saturated rings. The molecule has 0 aliphatic heterocycles. The van der Waals surface area contributed by atoms with Gasteiger partial charge in [-0.2, -0.15) is 0 Å². The summed E-state index contributed by atoms with van der Waals surface area (Å²) in [5, 5.41) is 6.62. The summed E-state index contributed by atoms with van der Waals surface area (Å²) in [6, 6.07) is 12.4. The van der Waals surface area contributed by atoms with Crippen molar-refractivity contribution in [3.05, 3.63) is 59.4 Å². The van der Waals surface area contributed by atoms with Crippen LogP contribution in [0.3, 0.4) is 0 Å². The van der Waals surface area contributed by atoms with E-state index in [0.717, 1.165) is 22.6 Å². The van der Waals surface area contributed by atoms with Gasteiger partial charge in [0.2, 0.25) is 0 Å². The van der Waals surface area contributed by atoms with Gasteiger partial charge in [0.15, 0.2) is 5.96 Å². The van der Waals surface area contributed by atoms with Crippen LogP contribution in [0.2, 0.25) is 0 Å². The third kappa shape index (κ3) is 7.36. The molecule has 0 radical (unpaired) electrons. The predicted octanol–water partition coefficient (Wildman–Crippen LogP) is 3.43. The quantitative estimate of drug-likeness (QED) is 0.320. The molecule has 6 nitrogen and oxygen atoms in total. The Hall–Kier alpha value is -2.07. The second-order valence-corrected chi connectivity index (χ2v) is 6.52. The lowest BCUT2D eigenvalue weighted by molar-refractivity contribution is 0.298. The molecule has 8 heteroatoms. The third-order valence-corrected chi connectivity index (χ3v) is 4.51. The summed E-state index contributed by atoms with van der Waals surface area (Å²) in [7, 11) is 8.97. The van der Waals surface area contributed by atoms with E-state index in [1.807, 2.05) is 32.3 Å². The molecule has 0 saturated carbocycles. The van der Waals surface area contributed by atoms with Crippen molar-refractivity contribution < 1.29 is 13.9 Å². The molecular formula is C21H30FIN4O2. The number of likely N-dealkylation sites (N-methyl/N-ethyl adjacent to an activating group) is 1. The van der Waals surface area contributed by atoms with Crippen LogP contribution in [0.15, 0.2) is 47.5 Å². The normalized spacial score (nSPS) is 12.2. The zero-order valence-electron chi connectivity index (χ0n) is 17.5. The van der Waals surface area contributed by atoms with E-state index in [4.69, 9.17) is 9.47 Å². The van der Waals surface area contributed by atoms with Gasteiger partial charge in [0.05, 0.1) is 20.3 Å². The van der Waals surface area contributed by atoms with Crippen molar-refractivity contribution >= 4 is 29.9 Å². The Morgan fingerprint density at radius 2 is 1.76 bits per heavy atom. The molecule has 0 heterocycles. The Balaban J connectivity index is 0.00000420. The lowest BCUT2D eigenvalue weighted by atomic mass is 10.1. The second kappa shape index (κ2) is 12.5. The van der Waals surface area contributed by atoms with Gasteiger partial charge in [-0.15, -0.1) is 24.0 Å². The molecule has 2 rings (SSSR count). The summed E-state index contributed by atoms with van der Waals surface area (Å²) in [5.74, 6) is 1.93. The largest absolute Gasteiger partial charge is 0.497 e. The van der Waals surface area contributed by atoms with Crippen molar-refractivity contribution in [3.63, 3.8) is 0 Å². The highest BCUT2D eigenvalue weighted by molar-refractivity contribution is 14.0. The van der Waals surface area contributed by atoms with E-state index in [0.29, 0.717) is 19.0 Å². The molecule has 29 heavy (non-hydrogen) atoms. The molecular weight excluding hydrogens is 486 g/mol. The van der Waals surface area contributed by atoms with Crippen LogP contribution in [0.5, 0.6) is 11.5 Å². The average Bonchev–Trinajstić information content (AvgIpc) is 2.71. The first-order chi connectivity index (χ1) is 13.5. The van der Waals surface area contributed by atoms with Crippen LogP contribution >= 0.6 is 24.0 Å². The number of benzene rings is 2. The van der Waals surface area contributed by atoms with Crippen molar-refractivity contribution in [2.75, 3.05) is 41.9 Å². The zero-order valence-corrected chi connectivity index (χ0v) is 19.9. The van der Waals surface area contributed by atoms with Gasteiger partial charge in [-0.25, -0.2) is 4.39 Å². The van der Waals surface area contributed by atoms with Crippen LogP contribution in [-0.2, 0) is 6.54 Å². The topological polar surface area (TPSA) is 58.1 Å². The molecule has 0 spiro atoms. The van der Waals surface area contributed by atoms with Gasteiger partial charge in [0.25, 0.3) is 0 Å². The van der Waals surface area contributed by atoms with Crippen molar-refractivity contribution in [2.24, 2.45) is 4.99 Å². The average molecular weight is 516 g/mol. The molecule has 0 bridgehead atoms. The number of methoxy groups -OCH3 is 2. The third-order valence-electron chi connectivity index (χ3n) is 4.51. The van der Waals surface area contributed by atoms with Crippen molar-refractivity contribution in [1.29, 1.82) is 0 Å². The van der Waals surface area contributed by atoms with E-state index >= 15 is 0 Å². The highest BCUT2D eigenvalue weighted by Crippen LogP contribution is 2.24. The second-order valence-electron chi connectivity index (χ2n) is 6.52. The van der Waals surface area contributed by atoms with Crippen molar-refractivity contribution in [2.45, 2.75) is 12.6 Å². The molecule has 0 aromatic heterocycles. The van der Waals surface area contributed by atoms with Gasteiger partial charge in [0.1, 0.15) is 17.3 Å². The van der Waals surface area contributed by atoms with Crippen molar-refractivity contribution in [1.82, 2.24) is 15.5 Å². The maximum absolute atomic E-state index is 13.2. The number of nitrogens with zero attached hydrogens (tertiary/aromatic N) is 2. The summed E-state index contributed by atoms with van der Waals surface area (Å²) >= 11 is 0. The lowest BCUT2D eigenvalue weighted by Gasteiger charge is -2.26. The van der Waals surface area contributed by atoms with E-state index in [1.54, 1.807) is 33.4 Å². The maximum Gasteiger partial charge on any atom is 0.191 e. The molecule has 2 aromatic carbocycles. The highest BCUT2D eigenvalue weighted by atomic mass is 127. The first-order valence-electron chi connectivity index (χ1n) is 9.05. The number of hydrogen-bond donors (Lipinski definition) is 2. The van der Waals surface area contributed by atoms with E-state index in [-0.39, 0.29) is 35.8 Å². The smallest absolute Gasteiger partial charge is 0.191 e. The number of rotatable bonds is 8. The zero-order chi connectivity index (χ0) is 20.5. The summed E-state index contributed by atoms with van der Waals surface area (Å²) in [6.07, 6.45) is 0. The lowest BCUT2D eigenvalue weighted by Crippen LogP contribution is -2.41. The van der Waals surface area contributed by atoms with E-state index in [9.17, 15) is 4.39 Å². The molecule has 0 saturated heterocycles. The Morgan fingerprint density at radius 3 is 2.31 bits per heavy atom. The summed E-state index contributed by atoms with van der Waals surface area (Å²) in [4.78, 5) is 6.37. The van der Waals surface area contributed by atoms with E-state index in [2.05, 4.69) is 20.5 Å². The van der Waals surface area contributed by atoms with Gasteiger partial charge in [0, 0.05) is 31.8 Å². The molecule has 0 aliphatic carbocycles. The first kappa shape index (κ1) is 25.0. The Kier molecular flexibility index (Phi) is 10.7. The predicted molar refractivity (Wildman–Crippen MR) is 126 cm³/mol. The number of aliphatic imine (C=N–C) groups is 1. The van der Waals surface area contributed by atoms with Gasteiger partial charge in [-0.1, -0.05) is 12.1 Å². The van der Waals surface area contributed by atoms with Crippen LogP contribution in [0.25, 0.3) is 0 Å². The molecule has 0 amide bonds.